The minimum Gasteiger partial charge on any atom is -0.0695 e. The van der Waals surface area contributed by atoms with Crippen LogP contribution in [0.4, 0.5) is 0 Å². The molecule has 2 rings (SSSR count). The molecule has 1 fully saturated rings. The highest BCUT2D eigenvalue weighted by molar-refractivity contribution is 7.67. The molecule has 0 radical (unpaired) electrons. The van der Waals surface area contributed by atoms with Gasteiger partial charge < -0.3 is 0 Å². The van der Waals surface area contributed by atoms with Crippen molar-refractivity contribution in [1.29, 1.82) is 0 Å². The lowest BCUT2D eigenvalue weighted by atomic mass is 10.4. The van der Waals surface area contributed by atoms with Gasteiger partial charge in [-0.05, 0) is 29.5 Å². The maximum atomic E-state index is 2.40. The minimum atomic E-state index is 0.0841. The van der Waals surface area contributed by atoms with Crippen LogP contribution >= 0.6 is 7.92 Å². The van der Waals surface area contributed by atoms with Crippen molar-refractivity contribution in [1.82, 2.24) is 0 Å². The summed E-state index contributed by atoms with van der Waals surface area (Å²) in [6, 6.07) is 11.2. The van der Waals surface area contributed by atoms with Gasteiger partial charge in [-0.1, -0.05) is 64.9 Å². The molecule has 0 nitrogen and oxygen atoms in total. The SMILES string of the molecule is CC(C)P(c1ccccc1)C1CCCC1. The first-order chi connectivity index (χ1) is 7.29. The first kappa shape index (κ1) is 11.1. The van der Waals surface area contributed by atoms with Crippen LogP contribution in [0, 0.1) is 0 Å². The van der Waals surface area contributed by atoms with E-state index < -0.39 is 0 Å². The average Bonchev–Trinajstić information content (AvgIpc) is 2.72. The van der Waals surface area contributed by atoms with Crippen LogP contribution in [0.25, 0.3) is 0 Å². The molecule has 0 aromatic heterocycles. The molecule has 0 spiro atoms. The Kier molecular flexibility index (Phi) is 3.81. The van der Waals surface area contributed by atoms with Crippen LogP contribution in [0.5, 0.6) is 0 Å². The van der Waals surface area contributed by atoms with E-state index in [1.165, 1.54) is 25.7 Å². The van der Waals surface area contributed by atoms with Crippen molar-refractivity contribution in [2.75, 3.05) is 0 Å². The summed E-state index contributed by atoms with van der Waals surface area (Å²) in [7, 11) is 0.0841. The van der Waals surface area contributed by atoms with E-state index in [0.29, 0.717) is 0 Å². The van der Waals surface area contributed by atoms with Crippen molar-refractivity contribution < 1.29 is 0 Å². The van der Waals surface area contributed by atoms with Gasteiger partial charge in [0.2, 0.25) is 0 Å². The second-order valence-electron chi connectivity index (χ2n) is 4.77. The van der Waals surface area contributed by atoms with E-state index in [-0.39, 0.29) is 7.92 Å². The fraction of sp³-hybridized carbons (Fsp3) is 0.571. The van der Waals surface area contributed by atoms with Gasteiger partial charge in [-0.3, -0.25) is 0 Å². The van der Waals surface area contributed by atoms with Crippen LogP contribution in [-0.4, -0.2) is 11.3 Å². The molecule has 0 aliphatic heterocycles. The molecule has 0 N–H and O–H groups in total. The second kappa shape index (κ2) is 5.12. The number of benzene rings is 1. The largest absolute Gasteiger partial charge is 0.0695 e. The van der Waals surface area contributed by atoms with Crippen LogP contribution in [0.1, 0.15) is 39.5 Å². The minimum absolute atomic E-state index is 0.0841. The van der Waals surface area contributed by atoms with Crippen LogP contribution in [0.3, 0.4) is 0 Å². The van der Waals surface area contributed by atoms with E-state index in [1.807, 2.05) is 0 Å². The Morgan fingerprint density at radius 3 is 2.20 bits per heavy atom. The van der Waals surface area contributed by atoms with E-state index in [2.05, 4.69) is 44.2 Å². The topological polar surface area (TPSA) is 0 Å². The predicted molar refractivity (Wildman–Crippen MR) is 70.4 cm³/mol. The second-order valence-corrected chi connectivity index (χ2v) is 7.87. The Morgan fingerprint density at radius 2 is 1.67 bits per heavy atom. The van der Waals surface area contributed by atoms with E-state index in [0.717, 1.165) is 11.3 Å². The van der Waals surface area contributed by atoms with Crippen molar-refractivity contribution >= 4 is 13.2 Å². The van der Waals surface area contributed by atoms with Gasteiger partial charge in [0.25, 0.3) is 0 Å². The predicted octanol–water partition coefficient (Wildman–Crippen LogP) is 4.14. The molecule has 1 heteroatoms. The molecule has 1 saturated carbocycles. The van der Waals surface area contributed by atoms with Crippen molar-refractivity contribution in [3.8, 4) is 0 Å². The maximum Gasteiger partial charge on any atom is -0.0167 e. The zero-order valence-corrected chi connectivity index (χ0v) is 10.7. The Hall–Kier alpha value is -0.350. The fourth-order valence-corrected chi connectivity index (χ4v) is 6.01. The molecule has 15 heavy (non-hydrogen) atoms. The third kappa shape index (κ3) is 2.61. The molecule has 0 amide bonds. The van der Waals surface area contributed by atoms with E-state index >= 15 is 0 Å². The molecular formula is C14H21P. The molecule has 1 unspecified atom stereocenters. The van der Waals surface area contributed by atoms with Gasteiger partial charge in [-0.15, -0.1) is 0 Å². The lowest BCUT2D eigenvalue weighted by Crippen LogP contribution is -2.16. The molecule has 1 aromatic rings. The Bertz CT molecular complexity index is 285. The molecule has 1 atom stereocenters. The molecule has 0 bridgehead atoms. The lowest BCUT2D eigenvalue weighted by molar-refractivity contribution is 0.878. The molecule has 1 aliphatic carbocycles. The summed E-state index contributed by atoms with van der Waals surface area (Å²) in [5.74, 6) is 0. The highest BCUT2D eigenvalue weighted by atomic mass is 31.1. The van der Waals surface area contributed by atoms with Crippen molar-refractivity contribution in [3.63, 3.8) is 0 Å². The van der Waals surface area contributed by atoms with Crippen molar-refractivity contribution in [3.05, 3.63) is 30.3 Å². The van der Waals surface area contributed by atoms with E-state index in [4.69, 9.17) is 0 Å². The van der Waals surface area contributed by atoms with E-state index in [9.17, 15) is 0 Å². The normalized spacial score (nSPS) is 19.7. The summed E-state index contributed by atoms with van der Waals surface area (Å²) in [5, 5.41) is 1.62. The highest BCUT2D eigenvalue weighted by Gasteiger charge is 2.27. The molecule has 1 aromatic carbocycles. The molecule has 0 saturated heterocycles. The Labute approximate surface area is 94.8 Å². The van der Waals surface area contributed by atoms with Gasteiger partial charge in [0.1, 0.15) is 0 Å². The van der Waals surface area contributed by atoms with Crippen LogP contribution in [0.15, 0.2) is 30.3 Å². The number of hydrogen-bond donors (Lipinski definition) is 0. The zero-order chi connectivity index (χ0) is 10.7. The molecule has 0 heterocycles. The summed E-state index contributed by atoms with van der Waals surface area (Å²) in [6.07, 6.45) is 5.86. The Balaban J connectivity index is 2.19. The average molecular weight is 220 g/mol. The third-order valence-electron chi connectivity index (χ3n) is 3.33. The molecular weight excluding hydrogens is 199 g/mol. The van der Waals surface area contributed by atoms with Gasteiger partial charge in [-0.25, -0.2) is 0 Å². The summed E-state index contributed by atoms with van der Waals surface area (Å²) in [5.41, 5.74) is 1.84. The highest BCUT2D eigenvalue weighted by Crippen LogP contribution is 2.51. The number of rotatable bonds is 3. The molecule has 1 aliphatic rings. The van der Waals surface area contributed by atoms with Crippen LogP contribution in [-0.2, 0) is 0 Å². The van der Waals surface area contributed by atoms with Gasteiger partial charge in [0, 0.05) is 0 Å². The maximum absolute atomic E-state index is 2.40. The summed E-state index contributed by atoms with van der Waals surface area (Å²) >= 11 is 0. The van der Waals surface area contributed by atoms with Crippen molar-refractivity contribution in [2.45, 2.75) is 50.8 Å². The summed E-state index contributed by atoms with van der Waals surface area (Å²) < 4.78 is 0. The van der Waals surface area contributed by atoms with Crippen LogP contribution < -0.4 is 5.30 Å². The number of hydrogen-bond acceptors (Lipinski definition) is 0. The van der Waals surface area contributed by atoms with Gasteiger partial charge in [0.15, 0.2) is 0 Å². The standard InChI is InChI=1S/C14H21P/c1-12(2)15(14-10-6-7-11-14)13-8-4-3-5-9-13/h3-5,8-9,12,14H,6-7,10-11H2,1-2H3. The van der Waals surface area contributed by atoms with Gasteiger partial charge in [-0.2, -0.15) is 0 Å². The first-order valence-corrected chi connectivity index (χ1v) is 7.60. The summed E-state index contributed by atoms with van der Waals surface area (Å²) in [4.78, 5) is 0. The fourth-order valence-electron chi connectivity index (χ4n) is 2.71. The smallest absolute Gasteiger partial charge is 0.0167 e. The quantitative estimate of drug-likeness (QED) is 0.671. The molecule has 82 valence electrons. The van der Waals surface area contributed by atoms with Crippen molar-refractivity contribution in [2.24, 2.45) is 0 Å². The first-order valence-electron chi connectivity index (χ1n) is 6.12. The third-order valence-corrected chi connectivity index (χ3v) is 6.64. The Morgan fingerprint density at radius 1 is 1.07 bits per heavy atom. The summed E-state index contributed by atoms with van der Waals surface area (Å²) in [6.45, 7) is 4.80. The van der Waals surface area contributed by atoms with Gasteiger partial charge in [0.05, 0.1) is 0 Å². The lowest BCUT2D eigenvalue weighted by Gasteiger charge is -2.28. The zero-order valence-electron chi connectivity index (χ0n) is 9.82. The monoisotopic (exact) mass is 220 g/mol. The van der Waals surface area contributed by atoms with Crippen LogP contribution in [0.2, 0.25) is 0 Å². The van der Waals surface area contributed by atoms with E-state index in [1.54, 1.807) is 5.30 Å². The van der Waals surface area contributed by atoms with Gasteiger partial charge >= 0.3 is 0 Å².